The molecule has 4 radical (unpaired) electrons. The van der Waals surface area contributed by atoms with E-state index in [2.05, 4.69) is 0 Å². The summed E-state index contributed by atoms with van der Waals surface area (Å²) in [6.45, 7) is 11.1. The normalized spacial score (nSPS) is 34.5. The van der Waals surface area contributed by atoms with E-state index in [4.69, 9.17) is 29.2 Å². The molecule has 13 heteroatoms. The molecule has 1 fully saturated rings. The first-order valence-corrected chi connectivity index (χ1v) is 14.3. The monoisotopic (exact) mass is 494 g/mol. The van der Waals surface area contributed by atoms with Crippen molar-refractivity contribution in [2.24, 2.45) is 0 Å². The molecule has 32 heavy (non-hydrogen) atoms. The number of aliphatic hydroxyl groups excluding tert-OH is 3. The number of hydrogen-bond acceptors (Lipinski definition) is 8. The predicted octanol–water partition coefficient (Wildman–Crippen LogP) is 2.42. The Hall–Kier alpha value is 0.310. The van der Waals surface area contributed by atoms with Crippen molar-refractivity contribution in [3.05, 3.63) is 0 Å². The van der Waals surface area contributed by atoms with Crippen LogP contribution >= 0.6 is 14.8 Å². The minimum Gasteiger partial charge on any atom is -0.388 e. The molecule has 0 amide bonds. The number of rotatable bonds is 12. The van der Waals surface area contributed by atoms with Crippen LogP contribution in [0.5, 0.6) is 0 Å². The molecule has 0 bridgehead atoms. The summed E-state index contributed by atoms with van der Waals surface area (Å²) in [5.41, 5.74) is -2.62. The molecular weight excluding hydrogens is 456 g/mol. The summed E-state index contributed by atoms with van der Waals surface area (Å²) in [4.78, 5) is 10.2. The van der Waals surface area contributed by atoms with Crippen molar-refractivity contribution in [2.45, 2.75) is 121 Å². The van der Waals surface area contributed by atoms with Gasteiger partial charge in [-0.05, 0) is 47.0 Å². The Labute approximate surface area is 194 Å². The predicted molar refractivity (Wildman–Crippen MR) is 124 cm³/mol. The van der Waals surface area contributed by atoms with Gasteiger partial charge in [-0.2, -0.15) is 0 Å². The van der Waals surface area contributed by atoms with E-state index in [9.17, 15) is 29.3 Å². The van der Waals surface area contributed by atoms with Crippen molar-refractivity contribution in [2.75, 3.05) is 0 Å². The van der Waals surface area contributed by atoms with Gasteiger partial charge in [0.2, 0.25) is 7.57 Å². The Kier molecular flexibility index (Phi) is 9.97. The van der Waals surface area contributed by atoms with Gasteiger partial charge < -0.3 is 34.0 Å². The van der Waals surface area contributed by atoms with Crippen LogP contribution < -0.4 is 0 Å². The van der Waals surface area contributed by atoms with Crippen LogP contribution in [-0.4, -0.2) is 82.1 Å². The van der Waals surface area contributed by atoms with E-state index in [-0.39, 0.29) is 19.3 Å². The van der Waals surface area contributed by atoms with Crippen LogP contribution in [0.2, 0.25) is 0 Å². The zero-order valence-corrected chi connectivity index (χ0v) is 21.9. The summed E-state index contributed by atoms with van der Waals surface area (Å²) in [7, 11) is 3.44. The van der Waals surface area contributed by atoms with Gasteiger partial charge in [0, 0.05) is 12.4 Å². The fourth-order valence-corrected chi connectivity index (χ4v) is 7.37. The second-order valence-corrected chi connectivity index (χ2v) is 13.7. The quantitative estimate of drug-likeness (QED) is 0.238. The molecule has 0 aliphatic carbocycles. The van der Waals surface area contributed by atoms with Crippen LogP contribution in [0.1, 0.15) is 74.1 Å². The van der Waals surface area contributed by atoms with Gasteiger partial charge in [0.05, 0.1) is 28.6 Å². The standard InChI is InChI=1S/C19H38B2O9P2/c1-8-17(5,11-13-14(23)15(24)16(20)28-13)29-32(21,27)19(7,10-3)18(6,9-2)30-31(25,26)12(4)22/h12-16,22-24H,8-11H2,1-7H3,(H,25,26)/t12?,13-,14-,15-,16-,17?,18?,19?,32?/m1/s1. The molecule has 1 heterocycles. The lowest BCUT2D eigenvalue weighted by Gasteiger charge is -2.51. The Balaban J connectivity index is 3.29. The maximum Gasteiger partial charge on any atom is 0.356 e. The topological polar surface area (TPSA) is 143 Å². The fourth-order valence-electron chi connectivity index (χ4n) is 3.88. The molecule has 9 nitrogen and oxygen atoms in total. The molecule has 184 valence electrons. The lowest BCUT2D eigenvalue weighted by molar-refractivity contribution is -0.0373. The van der Waals surface area contributed by atoms with Crippen molar-refractivity contribution in [3.8, 4) is 0 Å². The molecule has 1 rings (SSSR count). The van der Waals surface area contributed by atoms with Crippen LogP contribution in [0, 0.1) is 0 Å². The lowest BCUT2D eigenvalue weighted by Crippen LogP contribution is -2.52. The Morgan fingerprint density at radius 2 is 1.56 bits per heavy atom. The largest absolute Gasteiger partial charge is 0.388 e. The van der Waals surface area contributed by atoms with Crippen molar-refractivity contribution in [3.63, 3.8) is 0 Å². The first kappa shape index (κ1) is 30.3. The number of aliphatic hydroxyl groups is 3. The molecule has 6 unspecified atom stereocenters. The Morgan fingerprint density at radius 3 is 1.91 bits per heavy atom. The maximum absolute atomic E-state index is 14.0. The van der Waals surface area contributed by atoms with E-state index in [1.54, 1.807) is 34.6 Å². The summed E-state index contributed by atoms with van der Waals surface area (Å²) in [6.07, 6.45) is -2.65. The van der Waals surface area contributed by atoms with Gasteiger partial charge in [0.15, 0.2) is 13.1 Å². The highest BCUT2D eigenvalue weighted by molar-refractivity contribution is 7.84. The molecule has 0 spiro atoms. The van der Waals surface area contributed by atoms with Gasteiger partial charge in [0.1, 0.15) is 14.0 Å². The minimum atomic E-state index is -4.46. The SMILES string of the molecule is [B][C@@H]1O[C@H](CC(C)(CC)OP([B])(=O)C(C)(CC)C(C)(CC)OP(=O)(O)C(C)O)[C@@H](O)[C@H]1O. The lowest BCUT2D eigenvalue weighted by atomic mass is 9.85. The van der Waals surface area contributed by atoms with Crippen LogP contribution in [0.4, 0.5) is 0 Å². The van der Waals surface area contributed by atoms with Crippen LogP contribution in [0.15, 0.2) is 0 Å². The third-order valence-corrected chi connectivity index (χ3v) is 11.6. The average molecular weight is 494 g/mol. The van der Waals surface area contributed by atoms with E-state index in [0.29, 0.717) is 6.42 Å². The van der Waals surface area contributed by atoms with Gasteiger partial charge in [-0.1, -0.05) is 20.8 Å². The van der Waals surface area contributed by atoms with Gasteiger partial charge in [-0.15, -0.1) is 0 Å². The molecule has 1 aliphatic heterocycles. The summed E-state index contributed by atoms with van der Waals surface area (Å²) in [5.74, 6) is -1.65. The average Bonchev–Trinajstić information content (AvgIpc) is 2.92. The molecule has 1 aliphatic rings. The maximum atomic E-state index is 14.0. The highest BCUT2D eigenvalue weighted by Crippen LogP contribution is 2.67. The van der Waals surface area contributed by atoms with Crippen LogP contribution in [-0.2, 0) is 22.9 Å². The van der Waals surface area contributed by atoms with E-state index < -0.39 is 61.4 Å². The van der Waals surface area contributed by atoms with Crippen molar-refractivity contribution in [1.82, 2.24) is 0 Å². The van der Waals surface area contributed by atoms with E-state index >= 15 is 0 Å². The summed E-state index contributed by atoms with van der Waals surface area (Å²) in [5, 5.41) is 28.4. The Morgan fingerprint density at radius 1 is 1.03 bits per heavy atom. The third kappa shape index (κ3) is 5.92. The van der Waals surface area contributed by atoms with Crippen molar-refractivity contribution < 1.29 is 43.1 Å². The second-order valence-electron chi connectivity index (χ2n) is 9.32. The molecule has 4 N–H and O–H groups in total. The number of ether oxygens (including phenoxy) is 1. The zero-order chi connectivity index (χ0) is 25.3. The molecule has 1 saturated heterocycles. The Bertz CT molecular complexity index is 742. The van der Waals surface area contributed by atoms with Crippen molar-refractivity contribution >= 4 is 30.3 Å². The van der Waals surface area contributed by atoms with E-state index in [1.807, 2.05) is 0 Å². The van der Waals surface area contributed by atoms with Crippen LogP contribution in [0.25, 0.3) is 0 Å². The number of hydrogen-bond donors (Lipinski definition) is 4. The van der Waals surface area contributed by atoms with Gasteiger partial charge in [-0.25, -0.2) is 0 Å². The van der Waals surface area contributed by atoms with Gasteiger partial charge in [-0.3, -0.25) is 9.09 Å². The molecule has 0 aromatic rings. The van der Waals surface area contributed by atoms with Gasteiger partial charge in [0.25, 0.3) is 0 Å². The van der Waals surface area contributed by atoms with E-state index in [0.717, 1.165) is 6.92 Å². The first-order chi connectivity index (χ1) is 14.3. The zero-order valence-electron chi connectivity index (χ0n) is 20.1. The smallest absolute Gasteiger partial charge is 0.356 e. The van der Waals surface area contributed by atoms with Crippen molar-refractivity contribution in [1.29, 1.82) is 0 Å². The summed E-state index contributed by atoms with van der Waals surface area (Å²) in [6, 6.07) is -1.06. The van der Waals surface area contributed by atoms with Crippen LogP contribution in [0.3, 0.4) is 0 Å². The molecular formula is C19H38B2O9P2. The van der Waals surface area contributed by atoms with Gasteiger partial charge >= 0.3 is 7.60 Å². The molecule has 0 saturated carbocycles. The summed E-state index contributed by atoms with van der Waals surface area (Å²) < 4.78 is 43.4. The minimum absolute atomic E-state index is 0.0479. The third-order valence-electron chi connectivity index (χ3n) is 7.13. The second kappa shape index (κ2) is 10.5. The highest BCUT2D eigenvalue weighted by atomic mass is 31.2. The summed E-state index contributed by atoms with van der Waals surface area (Å²) >= 11 is 0. The highest BCUT2D eigenvalue weighted by Gasteiger charge is 2.58. The molecule has 0 aromatic heterocycles. The van der Waals surface area contributed by atoms with E-state index in [1.165, 1.54) is 6.92 Å². The molecule has 0 aromatic carbocycles. The fraction of sp³-hybridized carbons (Fsp3) is 1.00. The molecule has 10 atom stereocenters. The first-order valence-electron chi connectivity index (χ1n) is 10.9.